The predicted octanol–water partition coefficient (Wildman–Crippen LogP) is 3.97. The van der Waals surface area contributed by atoms with E-state index in [1.54, 1.807) is 0 Å². The van der Waals surface area contributed by atoms with E-state index in [0.29, 0.717) is 0 Å². The normalized spacial score (nSPS) is 21.6. The number of hydrogen-bond donors (Lipinski definition) is 2. The number of likely N-dealkylation sites (tertiary alicyclic amines) is 1. The van der Waals surface area contributed by atoms with Crippen LogP contribution in [0.25, 0.3) is 0 Å². The summed E-state index contributed by atoms with van der Waals surface area (Å²) in [5.74, 6) is 1.03. The van der Waals surface area contributed by atoms with Crippen molar-refractivity contribution in [2.24, 2.45) is 0 Å². The Morgan fingerprint density at radius 2 is 1.90 bits per heavy atom. The van der Waals surface area contributed by atoms with E-state index in [9.17, 15) is 9.59 Å². The number of aryl methyl sites for hydroxylation is 1. The van der Waals surface area contributed by atoms with Gasteiger partial charge in [0.1, 0.15) is 0 Å². The Morgan fingerprint density at radius 1 is 1.20 bits per heavy atom. The van der Waals surface area contributed by atoms with Gasteiger partial charge in [0, 0.05) is 30.4 Å². The van der Waals surface area contributed by atoms with Crippen molar-refractivity contribution in [1.82, 2.24) is 15.5 Å². The van der Waals surface area contributed by atoms with E-state index < -0.39 is 0 Å². The van der Waals surface area contributed by atoms with Gasteiger partial charge in [0.05, 0.1) is 10.9 Å². The van der Waals surface area contributed by atoms with Crippen LogP contribution in [0.5, 0.6) is 0 Å². The fourth-order valence-electron chi connectivity index (χ4n) is 4.17. The summed E-state index contributed by atoms with van der Waals surface area (Å²) < 4.78 is 0. The van der Waals surface area contributed by atoms with Crippen molar-refractivity contribution in [1.29, 1.82) is 0 Å². The molecule has 166 valence electrons. The molecule has 2 atom stereocenters. The largest absolute Gasteiger partial charge is 0.352 e. The van der Waals surface area contributed by atoms with Crippen molar-refractivity contribution in [2.45, 2.75) is 82.7 Å². The number of carbonyl (C=O) groups excluding carboxylic acids is 2. The lowest BCUT2D eigenvalue weighted by Gasteiger charge is -2.39. The average molecular weight is 432 g/mol. The first-order chi connectivity index (χ1) is 14.5. The smallest absolute Gasteiger partial charge is 0.253 e. The number of carbonyl (C=O) groups is 2. The summed E-state index contributed by atoms with van der Waals surface area (Å²) in [5.41, 5.74) is 2.09. The standard InChI is InChI=1S/C24H37N3O2S/c1-4-6-7-8-19-9-11-20(12-10-19)23(29)27-15-13-24(14-16-27)26-21(17-30-24)22(28)25-18(3)5-2/h9-12,18,21,26H,4-8,13-17H2,1-3H3,(H,25,28)/t18-,21+/m1/s1. The first-order valence-electron chi connectivity index (χ1n) is 11.6. The van der Waals surface area contributed by atoms with Gasteiger partial charge in [-0.3, -0.25) is 14.9 Å². The maximum absolute atomic E-state index is 12.9. The number of benzene rings is 1. The lowest BCUT2D eigenvalue weighted by atomic mass is 10.0. The molecule has 0 bridgehead atoms. The second-order valence-corrected chi connectivity index (χ2v) is 10.2. The molecule has 2 amide bonds. The molecule has 30 heavy (non-hydrogen) atoms. The minimum Gasteiger partial charge on any atom is -0.352 e. The Bertz CT molecular complexity index is 714. The number of amides is 2. The van der Waals surface area contributed by atoms with Crippen LogP contribution in [0, 0.1) is 0 Å². The molecule has 0 aromatic heterocycles. The van der Waals surface area contributed by atoms with Gasteiger partial charge in [-0.05, 0) is 56.7 Å². The SMILES string of the molecule is CCCCCc1ccc(C(=O)N2CCC3(CC2)N[C@H](C(=O)N[C@H](C)CC)CS3)cc1. The number of thioether (sulfide) groups is 1. The molecule has 5 nitrogen and oxygen atoms in total. The minimum absolute atomic E-state index is 0.0720. The molecule has 1 aromatic rings. The quantitative estimate of drug-likeness (QED) is 0.612. The molecule has 0 unspecified atom stereocenters. The fraction of sp³-hybridized carbons (Fsp3) is 0.667. The second-order valence-electron chi connectivity index (χ2n) is 8.77. The van der Waals surface area contributed by atoms with Gasteiger partial charge in [-0.15, -0.1) is 11.8 Å². The minimum atomic E-state index is -0.133. The topological polar surface area (TPSA) is 61.4 Å². The maximum atomic E-state index is 12.9. The van der Waals surface area contributed by atoms with E-state index in [4.69, 9.17) is 0 Å². The van der Waals surface area contributed by atoms with Crippen LogP contribution in [-0.2, 0) is 11.2 Å². The molecule has 1 spiro atoms. The Morgan fingerprint density at radius 3 is 2.53 bits per heavy atom. The van der Waals surface area contributed by atoms with Crippen LogP contribution < -0.4 is 10.6 Å². The van der Waals surface area contributed by atoms with E-state index in [2.05, 4.69) is 36.6 Å². The summed E-state index contributed by atoms with van der Waals surface area (Å²) in [5, 5.41) is 6.66. The molecular weight excluding hydrogens is 394 g/mol. The lowest BCUT2D eigenvalue weighted by molar-refractivity contribution is -0.123. The molecule has 2 heterocycles. The Hall–Kier alpha value is -1.53. The maximum Gasteiger partial charge on any atom is 0.253 e. The summed E-state index contributed by atoms with van der Waals surface area (Å²) in [6.07, 6.45) is 7.47. The summed E-state index contributed by atoms with van der Waals surface area (Å²) >= 11 is 1.85. The van der Waals surface area contributed by atoms with Crippen molar-refractivity contribution in [3.63, 3.8) is 0 Å². The highest BCUT2D eigenvalue weighted by atomic mass is 32.2. The lowest BCUT2D eigenvalue weighted by Crippen LogP contribution is -2.55. The van der Waals surface area contributed by atoms with Gasteiger partial charge >= 0.3 is 0 Å². The van der Waals surface area contributed by atoms with Crippen LogP contribution in [0.2, 0.25) is 0 Å². The molecular formula is C24H37N3O2S. The van der Waals surface area contributed by atoms with Crippen LogP contribution in [0.4, 0.5) is 0 Å². The van der Waals surface area contributed by atoms with Gasteiger partial charge in [-0.2, -0.15) is 0 Å². The van der Waals surface area contributed by atoms with Crippen molar-refractivity contribution in [2.75, 3.05) is 18.8 Å². The van der Waals surface area contributed by atoms with Crippen molar-refractivity contribution in [3.05, 3.63) is 35.4 Å². The molecule has 3 rings (SSSR count). The van der Waals surface area contributed by atoms with E-state index in [0.717, 1.165) is 50.1 Å². The van der Waals surface area contributed by atoms with Crippen molar-refractivity contribution in [3.8, 4) is 0 Å². The third-order valence-electron chi connectivity index (χ3n) is 6.41. The molecule has 2 saturated heterocycles. The molecule has 2 N–H and O–H groups in total. The highest BCUT2D eigenvalue weighted by molar-refractivity contribution is 8.01. The van der Waals surface area contributed by atoms with E-state index in [-0.39, 0.29) is 28.8 Å². The number of hydrogen-bond acceptors (Lipinski definition) is 4. The first-order valence-corrected chi connectivity index (χ1v) is 12.5. The van der Waals surface area contributed by atoms with Gasteiger partial charge < -0.3 is 10.2 Å². The fourth-order valence-corrected chi connectivity index (χ4v) is 5.58. The average Bonchev–Trinajstić information content (AvgIpc) is 3.18. The summed E-state index contributed by atoms with van der Waals surface area (Å²) in [7, 11) is 0. The van der Waals surface area contributed by atoms with Crippen LogP contribution in [0.15, 0.2) is 24.3 Å². The molecule has 6 heteroatoms. The predicted molar refractivity (Wildman–Crippen MR) is 125 cm³/mol. The Labute approximate surface area is 185 Å². The highest BCUT2D eigenvalue weighted by Gasteiger charge is 2.44. The van der Waals surface area contributed by atoms with Crippen LogP contribution in [-0.4, -0.2) is 52.5 Å². The number of unbranched alkanes of at least 4 members (excludes halogenated alkanes) is 2. The second kappa shape index (κ2) is 10.7. The first kappa shape index (κ1) is 23.1. The summed E-state index contributed by atoms with van der Waals surface area (Å²) in [6, 6.07) is 8.23. The number of rotatable bonds is 8. The molecule has 0 radical (unpaired) electrons. The zero-order valence-corrected chi connectivity index (χ0v) is 19.5. The number of nitrogens with zero attached hydrogens (tertiary/aromatic N) is 1. The van der Waals surface area contributed by atoms with E-state index in [1.165, 1.54) is 24.8 Å². The van der Waals surface area contributed by atoms with Gasteiger partial charge in [0.2, 0.25) is 5.91 Å². The van der Waals surface area contributed by atoms with Crippen LogP contribution in [0.3, 0.4) is 0 Å². The Kier molecular flexibility index (Phi) is 8.23. The molecule has 2 fully saturated rings. The molecule has 0 aliphatic carbocycles. The van der Waals surface area contributed by atoms with Crippen molar-refractivity contribution >= 4 is 23.6 Å². The zero-order valence-electron chi connectivity index (χ0n) is 18.7. The number of piperidine rings is 1. The van der Waals surface area contributed by atoms with Crippen molar-refractivity contribution < 1.29 is 9.59 Å². The van der Waals surface area contributed by atoms with Crippen LogP contribution >= 0.6 is 11.8 Å². The van der Waals surface area contributed by atoms with Gasteiger partial charge in [0.15, 0.2) is 0 Å². The third-order valence-corrected chi connectivity index (χ3v) is 7.99. The van der Waals surface area contributed by atoms with E-state index >= 15 is 0 Å². The van der Waals surface area contributed by atoms with Gasteiger partial charge in [0.25, 0.3) is 5.91 Å². The van der Waals surface area contributed by atoms with Gasteiger partial charge in [-0.1, -0.05) is 38.8 Å². The van der Waals surface area contributed by atoms with E-state index in [1.807, 2.05) is 35.7 Å². The molecule has 1 aromatic carbocycles. The van der Waals surface area contributed by atoms with Crippen LogP contribution in [0.1, 0.15) is 75.2 Å². The third kappa shape index (κ3) is 5.79. The summed E-state index contributed by atoms with van der Waals surface area (Å²) in [6.45, 7) is 7.80. The molecule has 0 saturated carbocycles. The summed E-state index contributed by atoms with van der Waals surface area (Å²) in [4.78, 5) is 27.3. The molecule has 2 aliphatic rings. The van der Waals surface area contributed by atoms with Gasteiger partial charge in [-0.25, -0.2) is 0 Å². The zero-order chi connectivity index (χ0) is 21.6. The highest BCUT2D eigenvalue weighted by Crippen LogP contribution is 2.39. The molecule has 2 aliphatic heterocycles. The Balaban J connectivity index is 1.49. The monoisotopic (exact) mass is 431 g/mol. The number of nitrogens with one attached hydrogen (secondary N) is 2.